The Morgan fingerprint density at radius 3 is 1.37 bits per heavy atom. The third kappa shape index (κ3) is 5.81. The molecule has 0 aliphatic carbocycles. The first kappa shape index (κ1) is 27.9. The summed E-state index contributed by atoms with van der Waals surface area (Å²) >= 11 is 0. The topological polar surface area (TPSA) is 35.5 Å². The van der Waals surface area contributed by atoms with Crippen LogP contribution in [-0.2, 0) is 5.41 Å². The van der Waals surface area contributed by atoms with E-state index in [4.69, 9.17) is 9.47 Å². The molecule has 0 saturated carbocycles. The van der Waals surface area contributed by atoms with Gasteiger partial charge in [-0.15, -0.1) is 0 Å². The Bertz CT molecular complexity index is 1500. The number of rotatable bonds is 10. The predicted molar refractivity (Wildman–Crippen MR) is 166 cm³/mol. The average Bonchev–Trinajstić information content (AvgIpc) is 3.04. The third-order valence-electron chi connectivity index (χ3n) is 8.07. The highest BCUT2D eigenvalue weighted by Crippen LogP contribution is 2.46. The van der Waals surface area contributed by atoms with Gasteiger partial charge in [-0.2, -0.15) is 0 Å². The first-order chi connectivity index (χ1) is 20.0. The molecule has 206 valence electrons. The van der Waals surface area contributed by atoms with Gasteiger partial charge < -0.3 is 9.47 Å². The number of carbonyl (C=O) groups excluding carboxylic acids is 1. The fourth-order valence-corrected chi connectivity index (χ4v) is 5.34. The van der Waals surface area contributed by atoms with Crippen molar-refractivity contribution in [1.82, 2.24) is 0 Å². The number of hydrogen-bond donors (Lipinski definition) is 0. The molecule has 0 heterocycles. The summed E-state index contributed by atoms with van der Waals surface area (Å²) in [5.41, 5.74) is 4.17. The van der Waals surface area contributed by atoms with Crippen LogP contribution in [0.5, 0.6) is 11.5 Å². The number of benzene rings is 5. The lowest BCUT2D eigenvalue weighted by atomic mass is 9.65. The lowest BCUT2D eigenvalue weighted by Crippen LogP contribution is -2.31. The molecule has 3 heteroatoms. The van der Waals surface area contributed by atoms with Gasteiger partial charge in [-0.05, 0) is 78.4 Å². The molecule has 0 aromatic heterocycles. The van der Waals surface area contributed by atoms with E-state index in [1.807, 2.05) is 42.5 Å². The Labute approximate surface area is 243 Å². The molecule has 0 saturated heterocycles. The van der Waals surface area contributed by atoms with Gasteiger partial charge in [0.1, 0.15) is 17.1 Å². The molecule has 0 radical (unpaired) electrons. The van der Waals surface area contributed by atoms with Crippen molar-refractivity contribution in [2.75, 3.05) is 0 Å². The van der Waals surface area contributed by atoms with Crippen LogP contribution in [0.4, 0.5) is 0 Å². The molecule has 5 aromatic rings. The average molecular weight is 541 g/mol. The van der Waals surface area contributed by atoms with Crippen molar-refractivity contribution in [3.8, 4) is 11.5 Å². The van der Waals surface area contributed by atoms with E-state index in [0.29, 0.717) is 11.3 Å². The predicted octanol–water partition coefficient (Wildman–Crippen LogP) is 9.25. The normalized spacial score (nSPS) is 11.6. The number of carbonyl (C=O) groups is 1. The highest BCUT2D eigenvalue weighted by molar-refractivity contribution is 5.91. The van der Waals surface area contributed by atoms with E-state index >= 15 is 0 Å². The molecular weight excluding hydrogens is 504 g/mol. The van der Waals surface area contributed by atoms with Gasteiger partial charge in [0.15, 0.2) is 0 Å². The summed E-state index contributed by atoms with van der Waals surface area (Å²) in [6.45, 7) is 6.48. The maximum Gasteiger partial charge on any atom is 0.343 e. The zero-order valence-electron chi connectivity index (χ0n) is 23.9. The Kier molecular flexibility index (Phi) is 8.35. The quantitative estimate of drug-likeness (QED) is 0.101. The van der Waals surface area contributed by atoms with Crippen molar-refractivity contribution in [1.29, 1.82) is 0 Å². The molecule has 5 rings (SSSR count). The van der Waals surface area contributed by atoms with Crippen LogP contribution in [0, 0.1) is 0 Å². The molecular formula is C38H36O3. The molecule has 0 N–H and O–H groups in total. The minimum absolute atomic E-state index is 0.204. The molecule has 0 fully saturated rings. The van der Waals surface area contributed by atoms with Gasteiger partial charge in [-0.25, -0.2) is 4.79 Å². The van der Waals surface area contributed by atoms with E-state index in [2.05, 4.69) is 106 Å². The number of ether oxygens (including phenoxy) is 2. The second-order valence-electron chi connectivity index (χ2n) is 10.5. The zero-order valence-corrected chi connectivity index (χ0v) is 23.9. The lowest BCUT2D eigenvalue weighted by molar-refractivity contribution is 0.0734. The molecule has 0 amide bonds. The highest BCUT2D eigenvalue weighted by atomic mass is 16.5. The smallest absolute Gasteiger partial charge is 0.343 e. The molecule has 0 spiro atoms. The highest BCUT2D eigenvalue weighted by Gasteiger charge is 2.38. The van der Waals surface area contributed by atoms with Crippen molar-refractivity contribution in [2.45, 2.75) is 44.6 Å². The Morgan fingerprint density at radius 2 is 0.927 bits per heavy atom. The summed E-state index contributed by atoms with van der Waals surface area (Å²) < 4.78 is 12.1. The largest absolute Gasteiger partial charge is 0.488 e. The van der Waals surface area contributed by atoms with Crippen LogP contribution in [0.1, 0.15) is 66.2 Å². The molecule has 0 aliphatic rings. The maximum atomic E-state index is 12.7. The van der Waals surface area contributed by atoms with Crippen LogP contribution in [0.3, 0.4) is 0 Å². The summed E-state index contributed by atoms with van der Waals surface area (Å²) in [6.07, 6.45) is 1.87. The van der Waals surface area contributed by atoms with Crippen LogP contribution in [0.15, 0.2) is 140 Å². The molecule has 0 bridgehead atoms. The van der Waals surface area contributed by atoms with E-state index in [0.717, 1.165) is 40.8 Å². The van der Waals surface area contributed by atoms with Gasteiger partial charge >= 0.3 is 5.97 Å². The summed E-state index contributed by atoms with van der Waals surface area (Å²) in [7, 11) is 0. The van der Waals surface area contributed by atoms with E-state index in [-0.39, 0.29) is 11.6 Å². The van der Waals surface area contributed by atoms with E-state index in [1.165, 1.54) is 0 Å². The van der Waals surface area contributed by atoms with E-state index in [1.54, 1.807) is 12.1 Å². The van der Waals surface area contributed by atoms with Gasteiger partial charge in [0.05, 0.1) is 11.0 Å². The van der Waals surface area contributed by atoms with E-state index in [9.17, 15) is 4.79 Å². The van der Waals surface area contributed by atoms with Gasteiger partial charge in [0, 0.05) is 0 Å². The van der Waals surface area contributed by atoms with Crippen molar-refractivity contribution < 1.29 is 14.3 Å². The molecule has 0 unspecified atom stereocenters. The van der Waals surface area contributed by atoms with Crippen molar-refractivity contribution >= 4 is 5.97 Å². The Hall–Kier alpha value is -4.63. The van der Waals surface area contributed by atoms with E-state index < -0.39 is 5.41 Å². The van der Waals surface area contributed by atoms with Gasteiger partial charge in [0.25, 0.3) is 0 Å². The zero-order chi connectivity index (χ0) is 28.7. The standard InChI is InChI=1S/C38H36O3/c1-4-37(3,5-2)41-35-27-23-33(24-28-35)38(30-17-11-7-12-18-30,31-19-13-8-14-20-31)32-21-25-34(26-22-32)40-36(39)29-15-9-6-10-16-29/h6-28H,4-5H2,1-3H3. The van der Waals surface area contributed by atoms with Crippen LogP contribution < -0.4 is 9.47 Å². The summed E-state index contributed by atoms with van der Waals surface area (Å²) in [5, 5.41) is 0. The first-order valence-corrected chi connectivity index (χ1v) is 14.3. The SMILES string of the molecule is CCC(C)(CC)Oc1ccc(C(c2ccccc2)(c2ccccc2)c2ccc(OC(=O)c3ccccc3)cc2)cc1. The third-order valence-corrected chi connectivity index (χ3v) is 8.07. The summed E-state index contributed by atoms with van der Waals surface area (Å²) in [5.74, 6) is 0.982. The minimum atomic E-state index is -0.609. The molecule has 3 nitrogen and oxygen atoms in total. The number of esters is 1. The molecule has 0 aliphatic heterocycles. The minimum Gasteiger partial charge on any atom is -0.488 e. The lowest BCUT2D eigenvalue weighted by Gasteiger charge is -2.37. The van der Waals surface area contributed by atoms with Gasteiger partial charge in [-0.3, -0.25) is 0 Å². The Morgan fingerprint density at radius 1 is 0.537 bits per heavy atom. The fraction of sp³-hybridized carbons (Fsp3) is 0.184. The number of hydrogen-bond acceptors (Lipinski definition) is 3. The van der Waals surface area contributed by atoms with Crippen LogP contribution in [0.25, 0.3) is 0 Å². The first-order valence-electron chi connectivity index (χ1n) is 14.3. The van der Waals surface area contributed by atoms with Crippen molar-refractivity contribution in [2.24, 2.45) is 0 Å². The molecule has 41 heavy (non-hydrogen) atoms. The monoisotopic (exact) mass is 540 g/mol. The van der Waals surface area contributed by atoms with Crippen LogP contribution in [-0.4, -0.2) is 11.6 Å². The van der Waals surface area contributed by atoms with Gasteiger partial charge in [0.2, 0.25) is 0 Å². The summed E-state index contributed by atoms with van der Waals surface area (Å²) in [6, 6.07) is 46.5. The van der Waals surface area contributed by atoms with Crippen molar-refractivity contribution in [3.05, 3.63) is 167 Å². The molecule has 0 atom stereocenters. The fourth-order valence-electron chi connectivity index (χ4n) is 5.34. The van der Waals surface area contributed by atoms with Crippen LogP contribution >= 0.6 is 0 Å². The summed E-state index contributed by atoms with van der Waals surface area (Å²) in [4.78, 5) is 12.7. The maximum absolute atomic E-state index is 12.7. The Balaban J connectivity index is 1.61. The second kappa shape index (κ2) is 12.3. The van der Waals surface area contributed by atoms with Crippen LogP contribution in [0.2, 0.25) is 0 Å². The second-order valence-corrected chi connectivity index (χ2v) is 10.5. The van der Waals surface area contributed by atoms with Gasteiger partial charge in [-0.1, -0.05) is 117 Å². The molecule has 5 aromatic carbocycles. The van der Waals surface area contributed by atoms with Crippen molar-refractivity contribution in [3.63, 3.8) is 0 Å².